The van der Waals surface area contributed by atoms with Gasteiger partial charge in [0.25, 0.3) is 17.1 Å². The van der Waals surface area contributed by atoms with Crippen LogP contribution in [0.3, 0.4) is 0 Å². The van der Waals surface area contributed by atoms with Crippen molar-refractivity contribution in [2.45, 2.75) is 65.8 Å². The number of para-hydroxylation sites is 1. The third-order valence-electron chi connectivity index (χ3n) is 7.23. The summed E-state index contributed by atoms with van der Waals surface area (Å²) in [6.45, 7) is 7.89. The molecule has 3 aromatic rings. The van der Waals surface area contributed by atoms with Crippen LogP contribution in [0.2, 0.25) is 0 Å². The van der Waals surface area contributed by atoms with Crippen molar-refractivity contribution in [2.75, 3.05) is 5.32 Å². The lowest BCUT2D eigenvalue weighted by atomic mass is 9.95. The third-order valence-corrected chi connectivity index (χ3v) is 9.39. The van der Waals surface area contributed by atoms with E-state index in [-0.39, 0.29) is 23.1 Å². The third kappa shape index (κ3) is 4.68. The quantitative estimate of drug-likeness (QED) is 0.343. The van der Waals surface area contributed by atoms with Crippen LogP contribution in [0, 0.1) is 13.8 Å². The minimum Gasteiger partial charge on any atom is -0.322 e. The molecule has 37 heavy (non-hydrogen) atoms. The first-order chi connectivity index (χ1) is 17.8. The summed E-state index contributed by atoms with van der Waals surface area (Å²) in [5.41, 5.74) is 5.48. The summed E-state index contributed by atoms with van der Waals surface area (Å²) in [4.78, 5) is 42.2. The Kier molecular flexibility index (Phi) is 7.14. The molecule has 1 saturated heterocycles. The molecule has 0 saturated carbocycles. The van der Waals surface area contributed by atoms with Crippen LogP contribution >= 0.6 is 23.1 Å². The second-order valence-electron chi connectivity index (χ2n) is 9.68. The Labute approximate surface area is 225 Å². The van der Waals surface area contributed by atoms with Gasteiger partial charge in [0.1, 0.15) is 5.00 Å². The highest BCUT2D eigenvalue weighted by Gasteiger charge is 2.38. The number of carbonyl (C=O) groups is 3. The maximum Gasteiger partial charge on any atom is 0.293 e. The largest absolute Gasteiger partial charge is 0.322 e. The lowest BCUT2D eigenvalue weighted by Crippen LogP contribution is -2.36. The van der Waals surface area contributed by atoms with E-state index in [1.54, 1.807) is 11.3 Å². The van der Waals surface area contributed by atoms with E-state index in [0.717, 1.165) is 82.6 Å². The molecule has 1 unspecified atom stereocenters. The van der Waals surface area contributed by atoms with Crippen LogP contribution in [0.4, 0.5) is 10.5 Å². The normalized spacial score (nSPS) is 17.4. The van der Waals surface area contributed by atoms with Crippen LogP contribution in [0.5, 0.6) is 0 Å². The number of benzene rings is 1. The molecule has 2 aliphatic rings. The number of nitrogens with one attached hydrogen (secondary N) is 1. The van der Waals surface area contributed by atoms with E-state index < -0.39 is 0 Å². The Morgan fingerprint density at radius 2 is 1.86 bits per heavy atom. The topological polar surface area (TPSA) is 71.4 Å². The van der Waals surface area contributed by atoms with E-state index in [0.29, 0.717) is 4.91 Å². The van der Waals surface area contributed by atoms with Gasteiger partial charge in [-0.05, 0) is 100 Å². The fourth-order valence-corrected chi connectivity index (χ4v) is 7.51. The maximum atomic E-state index is 13.6. The van der Waals surface area contributed by atoms with Crippen LogP contribution in [-0.4, -0.2) is 32.6 Å². The summed E-state index contributed by atoms with van der Waals surface area (Å²) in [5.74, 6) is -0.326. The number of aromatic nitrogens is 1. The van der Waals surface area contributed by atoms with Crippen LogP contribution in [0.15, 0.2) is 41.3 Å². The van der Waals surface area contributed by atoms with Crippen molar-refractivity contribution in [3.8, 4) is 5.00 Å². The van der Waals surface area contributed by atoms with Crippen LogP contribution in [0.1, 0.15) is 70.9 Å². The first-order valence-corrected chi connectivity index (χ1v) is 14.4. The predicted octanol–water partition coefficient (Wildman–Crippen LogP) is 7.12. The minimum atomic E-state index is -0.233. The van der Waals surface area contributed by atoms with E-state index in [9.17, 15) is 14.4 Å². The molecule has 1 aromatic carbocycles. The van der Waals surface area contributed by atoms with Gasteiger partial charge in [0.2, 0.25) is 0 Å². The summed E-state index contributed by atoms with van der Waals surface area (Å²) in [6, 6.07) is 11.4. The molecule has 1 fully saturated rings. The van der Waals surface area contributed by atoms with Crippen molar-refractivity contribution in [1.29, 1.82) is 0 Å². The Morgan fingerprint density at radius 1 is 1.14 bits per heavy atom. The number of imide groups is 1. The maximum absolute atomic E-state index is 13.6. The number of aryl methyl sites for hydroxylation is 2. The number of thioether (sulfide) groups is 1. The number of anilines is 1. The first-order valence-electron chi connectivity index (χ1n) is 12.8. The number of fused-ring (bicyclic) bond motifs is 1. The Balaban J connectivity index is 1.56. The molecule has 1 atom stereocenters. The van der Waals surface area contributed by atoms with Crippen molar-refractivity contribution in [1.82, 2.24) is 9.47 Å². The molecule has 5 rings (SSSR count). The molecule has 6 nitrogen and oxygen atoms in total. The molecule has 1 N–H and O–H groups in total. The standard InChI is InChI=1S/C29H31N3O3S2/c1-5-17(2)32-27(34)24(37-29(32)35)16-20-15-18(3)31(19(20)4)28-25(22-13-9-10-14-23(22)36-28)26(33)30-21-11-7-6-8-12-21/h6-8,11-12,15-17H,5,9-10,13-14H2,1-4H3,(H,30,33)/b24-16+. The highest BCUT2D eigenvalue weighted by molar-refractivity contribution is 8.18. The molecule has 1 aliphatic heterocycles. The molecule has 3 heterocycles. The SMILES string of the molecule is CCC(C)N1C(=O)S/C(=C/c2cc(C)n(-c3sc4c(c3C(=O)Nc3ccccc3)CCCC4)c2C)C1=O. The highest BCUT2D eigenvalue weighted by atomic mass is 32.2. The van der Waals surface area contributed by atoms with Crippen LogP contribution in [-0.2, 0) is 17.6 Å². The van der Waals surface area contributed by atoms with Gasteiger partial charge in [-0.2, -0.15) is 0 Å². The van der Waals surface area contributed by atoms with E-state index in [2.05, 4.69) is 9.88 Å². The lowest BCUT2D eigenvalue weighted by molar-refractivity contribution is -0.124. The monoisotopic (exact) mass is 533 g/mol. The molecular formula is C29H31N3O3S2. The van der Waals surface area contributed by atoms with E-state index in [1.165, 1.54) is 9.78 Å². The smallest absolute Gasteiger partial charge is 0.293 e. The van der Waals surface area contributed by atoms with Crippen molar-refractivity contribution >= 4 is 51.9 Å². The molecule has 0 radical (unpaired) electrons. The van der Waals surface area contributed by atoms with Gasteiger partial charge in [-0.25, -0.2) is 0 Å². The first kappa shape index (κ1) is 25.5. The van der Waals surface area contributed by atoms with E-state index in [4.69, 9.17) is 0 Å². The number of amides is 3. The van der Waals surface area contributed by atoms with Gasteiger partial charge < -0.3 is 9.88 Å². The minimum absolute atomic E-state index is 0.0932. The molecule has 0 spiro atoms. The molecule has 0 bridgehead atoms. The summed E-state index contributed by atoms with van der Waals surface area (Å²) >= 11 is 2.69. The van der Waals surface area contributed by atoms with E-state index in [1.807, 2.05) is 70.2 Å². The Bertz CT molecular complexity index is 1420. The summed E-state index contributed by atoms with van der Waals surface area (Å²) < 4.78 is 2.13. The molecule has 1 aliphatic carbocycles. The lowest BCUT2D eigenvalue weighted by Gasteiger charge is -2.19. The van der Waals surface area contributed by atoms with Gasteiger partial charge >= 0.3 is 0 Å². The van der Waals surface area contributed by atoms with Gasteiger partial charge in [-0.15, -0.1) is 11.3 Å². The number of rotatable bonds is 6. The molecule has 8 heteroatoms. The fraction of sp³-hybridized carbons (Fsp3) is 0.345. The van der Waals surface area contributed by atoms with Crippen molar-refractivity contribution in [2.24, 2.45) is 0 Å². The second-order valence-corrected chi connectivity index (χ2v) is 11.8. The number of hydrogen-bond acceptors (Lipinski definition) is 5. The zero-order valence-corrected chi connectivity index (χ0v) is 23.2. The zero-order chi connectivity index (χ0) is 26.3. The zero-order valence-electron chi connectivity index (χ0n) is 21.6. The van der Waals surface area contributed by atoms with Gasteiger partial charge in [-0.3, -0.25) is 19.3 Å². The second kappa shape index (κ2) is 10.3. The predicted molar refractivity (Wildman–Crippen MR) is 152 cm³/mol. The van der Waals surface area contributed by atoms with Gasteiger partial charge in [0.15, 0.2) is 0 Å². The number of carbonyl (C=O) groups excluding carboxylic acids is 3. The molecular weight excluding hydrogens is 502 g/mol. The average molecular weight is 534 g/mol. The summed E-state index contributed by atoms with van der Waals surface area (Å²) in [7, 11) is 0. The highest BCUT2D eigenvalue weighted by Crippen LogP contribution is 2.40. The van der Waals surface area contributed by atoms with Crippen molar-refractivity contribution in [3.05, 3.63) is 74.3 Å². The Morgan fingerprint density at radius 3 is 2.59 bits per heavy atom. The number of thiophene rings is 1. The number of hydrogen-bond donors (Lipinski definition) is 1. The molecule has 2 aromatic heterocycles. The van der Waals surface area contributed by atoms with Crippen molar-refractivity contribution < 1.29 is 14.4 Å². The van der Waals surface area contributed by atoms with Gasteiger partial charge in [-0.1, -0.05) is 25.1 Å². The van der Waals surface area contributed by atoms with Gasteiger partial charge in [0.05, 0.1) is 10.5 Å². The van der Waals surface area contributed by atoms with Crippen LogP contribution in [0.25, 0.3) is 11.1 Å². The summed E-state index contributed by atoms with van der Waals surface area (Å²) in [5, 5.41) is 3.79. The average Bonchev–Trinajstić information content (AvgIpc) is 3.49. The Hall–Kier alpha value is -3.10. The number of nitrogens with zero attached hydrogens (tertiary/aromatic N) is 2. The van der Waals surface area contributed by atoms with Gasteiger partial charge in [0, 0.05) is 28.0 Å². The molecule has 192 valence electrons. The van der Waals surface area contributed by atoms with Crippen molar-refractivity contribution in [3.63, 3.8) is 0 Å². The molecule has 3 amide bonds. The fourth-order valence-electron chi connectivity index (χ4n) is 5.09. The van der Waals surface area contributed by atoms with Crippen LogP contribution < -0.4 is 5.32 Å². The summed E-state index contributed by atoms with van der Waals surface area (Å²) in [6.07, 6.45) is 6.64. The van der Waals surface area contributed by atoms with E-state index >= 15 is 0 Å².